The maximum absolute atomic E-state index is 13.4. The summed E-state index contributed by atoms with van der Waals surface area (Å²) in [6.45, 7) is 7.33. The summed E-state index contributed by atoms with van der Waals surface area (Å²) in [7, 11) is 0. The van der Waals surface area contributed by atoms with Crippen molar-refractivity contribution >= 4 is 23.1 Å². The van der Waals surface area contributed by atoms with Crippen LogP contribution in [0.3, 0.4) is 0 Å². The standard InChI is InChI=1S/C20H19F4N5O2/c1-3-16(28-10-12(21)11-28)18-15(9-26-17(30)4-2)27-29(19(18)25)13-5-7-14(8-6-13)31-20(22,23)24/h3-8,12,25H,1-2,9-11H2,(H,26,30)/b18-16+,25-19?. The van der Waals surface area contributed by atoms with Crippen LogP contribution in [0.5, 0.6) is 5.75 Å². The van der Waals surface area contributed by atoms with Gasteiger partial charge in [-0.2, -0.15) is 5.10 Å². The molecule has 31 heavy (non-hydrogen) atoms. The second-order valence-corrected chi connectivity index (χ2v) is 6.64. The molecule has 1 fully saturated rings. The molecule has 7 nitrogen and oxygen atoms in total. The Labute approximate surface area is 175 Å². The fourth-order valence-corrected chi connectivity index (χ4v) is 3.09. The zero-order valence-corrected chi connectivity index (χ0v) is 16.2. The second-order valence-electron chi connectivity index (χ2n) is 6.64. The van der Waals surface area contributed by atoms with E-state index in [1.165, 1.54) is 23.2 Å². The van der Waals surface area contributed by atoms with Gasteiger partial charge in [-0.1, -0.05) is 13.2 Å². The van der Waals surface area contributed by atoms with Crippen molar-refractivity contribution in [1.29, 1.82) is 5.41 Å². The van der Waals surface area contributed by atoms with E-state index in [1.807, 2.05) is 0 Å². The molecule has 0 spiro atoms. The van der Waals surface area contributed by atoms with Gasteiger partial charge in [0.25, 0.3) is 0 Å². The number of hydrazone groups is 1. The van der Waals surface area contributed by atoms with Crippen LogP contribution in [0.2, 0.25) is 0 Å². The van der Waals surface area contributed by atoms with Crippen molar-refractivity contribution in [3.63, 3.8) is 0 Å². The van der Waals surface area contributed by atoms with E-state index in [9.17, 15) is 22.4 Å². The first-order valence-corrected chi connectivity index (χ1v) is 9.11. The van der Waals surface area contributed by atoms with Gasteiger partial charge in [0.15, 0.2) is 5.84 Å². The summed E-state index contributed by atoms with van der Waals surface area (Å²) in [6, 6.07) is 4.83. The largest absolute Gasteiger partial charge is 0.573 e. The summed E-state index contributed by atoms with van der Waals surface area (Å²) in [5.74, 6) is -0.959. The number of nitrogens with one attached hydrogen (secondary N) is 2. The number of hydrogen-bond acceptors (Lipinski definition) is 5. The van der Waals surface area contributed by atoms with Gasteiger partial charge in [-0.3, -0.25) is 10.2 Å². The van der Waals surface area contributed by atoms with Gasteiger partial charge in [0.1, 0.15) is 11.9 Å². The molecule has 2 aliphatic rings. The lowest BCUT2D eigenvalue weighted by molar-refractivity contribution is -0.274. The first-order valence-electron chi connectivity index (χ1n) is 9.11. The molecule has 0 unspecified atom stereocenters. The molecule has 0 atom stereocenters. The van der Waals surface area contributed by atoms with Crippen LogP contribution in [0.4, 0.5) is 23.2 Å². The van der Waals surface area contributed by atoms with Gasteiger partial charge in [0.2, 0.25) is 5.91 Å². The zero-order valence-electron chi connectivity index (χ0n) is 16.2. The smallest absolute Gasteiger partial charge is 0.406 e. The van der Waals surface area contributed by atoms with Crippen LogP contribution >= 0.6 is 0 Å². The summed E-state index contributed by atoms with van der Waals surface area (Å²) in [5, 5.41) is 16.7. The molecule has 2 aliphatic heterocycles. The normalized spacial score (nSPS) is 18.3. The molecule has 1 amide bonds. The quantitative estimate of drug-likeness (QED) is 0.507. The van der Waals surface area contributed by atoms with Crippen molar-refractivity contribution in [3.05, 3.63) is 60.8 Å². The molecule has 3 rings (SSSR count). The van der Waals surface area contributed by atoms with Gasteiger partial charge in [-0.25, -0.2) is 9.40 Å². The van der Waals surface area contributed by atoms with Crippen molar-refractivity contribution in [2.75, 3.05) is 24.6 Å². The van der Waals surface area contributed by atoms with E-state index in [2.05, 4.69) is 28.3 Å². The van der Waals surface area contributed by atoms with E-state index in [0.29, 0.717) is 22.7 Å². The first-order chi connectivity index (χ1) is 14.6. The van der Waals surface area contributed by atoms with Crippen LogP contribution in [0.1, 0.15) is 0 Å². The number of benzene rings is 1. The lowest BCUT2D eigenvalue weighted by atomic mass is 10.0. The van der Waals surface area contributed by atoms with Crippen LogP contribution in [0.15, 0.2) is 65.9 Å². The number of amides is 1. The maximum atomic E-state index is 13.4. The summed E-state index contributed by atoms with van der Waals surface area (Å²) in [4.78, 5) is 13.3. The van der Waals surface area contributed by atoms with E-state index in [4.69, 9.17) is 5.41 Å². The molecule has 11 heteroatoms. The highest BCUT2D eigenvalue weighted by molar-refractivity contribution is 6.32. The van der Waals surface area contributed by atoms with Crippen molar-refractivity contribution in [2.24, 2.45) is 5.10 Å². The number of carbonyl (C=O) groups excluding carboxylic acids is 1. The first kappa shape index (κ1) is 22.1. The second kappa shape index (κ2) is 8.62. The van der Waals surface area contributed by atoms with E-state index in [1.54, 1.807) is 4.90 Å². The summed E-state index contributed by atoms with van der Waals surface area (Å²) in [6.07, 6.45) is -3.26. The number of likely N-dealkylation sites (tertiary alicyclic amines) is 1. The van der Waals surface area contributed by atoms with Gasteiger partial charge in [-0.05, 0) is 36.4 Å². The van der Waals surface area contributed by atoms with E-state index < -0.39 is 24.2 Å². The minimum absolute atomic E-state index is 0.0431. The third-order valence-corrected chi connectivity index (χ3v) is 4.52. The fourth-order valence-electron chi connectivity index (χ4n) is 3.09. The number of allylic oxidation sites excluding steroid dienone is 1. The van der Waals surface area contributed by atoms with Gasteiger partial charge in [0.05, 0.1) is 36.6 Å². The Hall–Kier alpha value is -3.63. The number of halogens is 4. The lowest BCUT2D eigenvalue weighted by Gasteiger charge is -2.38. The van der Waals surface area contributed by atoms with E-state index >= 15 is 0 Å². The molecule has 164 valence electrons. The highest BCUT2D eigenvalue weighted by Crippen LogP contribution is 2.31. The van der Waals surface area contributed by atoms with Gasteiger partial charge >= 0.3 is 6.36 Å². The topological polar surface area (TPSA) is 81.0 Å². The van der Waals surface area contributed by atoms with Crippen LogP contribution in [0, 0.1) is 5.41 Å². The summed E-state index contributed by atoms with van der Waals surface area (Å²) >= 11 is 0. The van der Waals surface area contributed by atoms with Gasteiger partial charge in [-0.15, -0.1) is 13.2 Å². The molecule has 0 aromatic heterocycles. The molecule has 1 aromatic carbocycles. The fraction of sp³-hybridized carbons (Fsp3) is 0.250. The highest BCUT2D eigenvalue weighted by atomic mass is 19.4. The van der Waals surface area contributed by atoms with Crippen LogP contribution < -0.4 is 15.1 Å². The third-order valence-electron chi connectivity index (χ3n) is 4.52. The molecule has 2 heterocycles. The number of hydrogen-bond donors (Lipinski definition) is 2. The predicted octanol–water partition coefficient (Wildman–Crippen LogP) is 3.13. The highest BCUT2D eigenvalue weighted by Gasteiger charge is 2.36. The predicted molar refractivity (Wildman–Crippen MR) is 108 cm³/mol. The third kappa shape index (κ3) is 4.93. The summed E-state index contributed by atoms with van der Waals surface area (Å²) in [5.41, 5.74) is 1.43. The molecule has 0 radical (unpaired) electrons. The zero-order chi connectivity index (χ0) is 22.8. The number of alkyl halides is 4. The number of carbonyl (C=O) groups is 1. The molecule has 1 saturated heterocycles. The average Bonchev–Trinajstić information content (AvgIpc) is 3.01. The van der Waals surface area contributed by atoms with E-state index in [-0.39, 0.29) is 25.5 Å². The Morgan fingerprint density at radius 3 is 2.42 bits per heavy atom. The molecule has 0 saturated carbocycles. The van der Waals surface area contributed by atoms with Crippen LogP contribution in [0.25, 0.3) is 0 Å². The Morgan fingerprint density at radius 2 is 1.90 bits per heavy atom. The van der Waals surface area contributed by atoms with Crippen LogP contribution in [-0.2, 0) is 4.79 Å². The van der Waals surface area contributed by atoms with Gasteiger partial charge in [0, 0.05) is 5.70 Å². The Balaban J connectivity index is 1.93. The van der Waals surface area contributed by atoms with Crippen molar-refractivity contribution in [2.45, 2.75) is 12.5 Å². The minimum Gasteiger partial charge on any atom is -0.406 e. The Bertz CT molecular complexity index is 963. The van der Waals surface area contributed by atoms with Crippen LogP contribution in [-0.4, -0.2) is 54.5 Å². The Morgan fingerprint density at radius 1 is 1.26 bits per heavy atom. The average molecular weight is 437 g/mol. The molecule has 1 aromatic rings. The van der Waals surface area contributed by atoms with Gasteiger partial charge < -0.3 is 15.0 Å². The molecule has 0 bridgehead atoms. The summed E-state index contributed by atoms with van der Waals surface area (Å²) < 4.78 is 54.4. The van der Waals surface area contributed by atoms with Crippen molar-refractivity contribution < 1.29 is 27.1 Å². The minimum atomic E-state index is -4.82. The number of anilines is 1. The SMILES string of the molecule is C=CC(=O)NCC1=NN(c2ccc(OC(F)(F)F)cc2)C(=N)/C1=C(\C=C)N1CC(F)C1. The Kier molecular flexibility index (Phi) is 6.14. The van der Waals surface area contributed by atoms with E-state index in [0.717, 1.165) is 18.2 Å². The maximum Gasteiger partial charge on any atom is 0.573 e. The lowest BCUT2D eigenvalue weighted by Crippen LogP contribution is -2.48. The number of amidine groups is 1. The van der Waals surface area contributed by atoms with Crippen molar-refractivity contribution in [1.82, 2.24) is 10.2 Å². The molecule has 2 N–H and O–H groups in total. The monoisotopic (exact) mass is 437 g/mol. The molecular formula is C20H19F4N5O2. The van der Waals surface area contributed by atoms with Crippen molar-refractivity contribution in [3.8, 4) is 5.75 Å². The number of rotatable bonds is 7. The number of nitrogens with zero attached hydrogens (tertiary/aromatic N) is 3. The number of ether oxygens (including phenoxy) is 1. The molecule has 0 aliphatic carbocycles. The molecular weight excluding hydrogens is 418 g/mol.